The maximum absolute atomic E-state index is 12.4. The van der Waals surface area contributed by atoms with Gasteiger partial charge < -0.3 is 10.0 Å². The van der Waals surface area contributed by atoms with Gasteiger partial charge in [-0.2, -0.15) is 0 Å². The number of aliphatic hydroxyl groups excluding tert-OH is 1. The minimum Gasteiger partial charge on any atom is -0.388 e. The highest BCUT2D eigenvalue weighted by Crippen LogP contribution is 2.44. The van der Waals surface area contributed by atoms with Crippen LogP contribution in [0.4, 0.5) is 0 Å². The van der Waals surface area contributed by atoms with Crippen molar-refractivity contribution in [3.8, 4) is 0 Å². The second kappa shape index (κ2) is 6.82. The number of nitrogens with zero attached hydrogens (tertiary/aromatic N) is 1. The van der Waals surface area contributed by atoms with E-state index in [0.717, 1.165) is 31.5 Å². The van der Waals surface area contributed by atoms with Crippen LogP contribution in [0.25, 0.3) is 0 Å². The maximum atomic E-state index is 12.4. The van der Waals surface area contributed by atoms with Crippen molar-refractivity contribution < 1.29 is 9.90 Å². The zero-order valence-corrected chi connectivity index (χ0v) is 13.3. The van der Waals surface area contributed by atoms with E-state index in [4.69, 9.17) is 0 Å². The van der Waals surface area contributed by atoms with E-state index in [-0.39, 0.29) is 12.3 Å². The predicted octanol–water partition coefficient (Wildman–Crippen LogP) is 3.68. The summed E-state index contributed by atoms with van der Waals surface area (Å²) in [5.41, 5.74) is 1.35. The molecule has 3 heteroatoms. The molecule has 0 radical (unpaired) electrons. The Bertz CT molecular complexity index is 483. The molecular formula is C19H27NO2. The first-order chi connectivity index (χ1) is 10.7. The summed E-state index contributed by atoms with van der Waals surface area (Å²) in [6.45, 7) is 1.75. The molecule has 120 valence electrons. The van der Waals surface area contributed by atoms with Gasteiger partial charge in [-0.25, -0.2) is 0 Å². The Morgan fingerprint density at radius 2 is 1.68 bits per heavy atom. The van der Waals surface area contributed by atoms with Gasteiger partial charge in [0.05, 0.1) is 12.5 Å². The highest BCUT2D eigenvalue weighted by atomic mass is 16.3. The molecule has 1 saturated heterocycles. The fourth-order valence-electron chi connectivity index (χ4n) is 4.12. The first-order valence-electron chi connectivity index (χ1n) is 8.69. The third-order valence-electron chi connectivity index (χ3n) is 5.64. The molecule has 22 heavy (non-hydrogen) atoms. The standard InChI is InChI=1S/C19H27NO2/c21-17(16-7-3-1-4-8-16)15-18(22)20-13-11-19(12-14-20)9-5-2-6-10-19/h1,3-4,7-8,17,21H,2,5-6,9-15H2. The zero-order chi connectivity index (χ0) is 15.4. The maximum Gasteiger partial charge on any atom is 0.225 e. The summed E-state index contributed by atoms with van der Waals surface area (Å²) in [7, 11) is 0. The molecule has 0 aromatic heterocycles. The number of hydrogen-bond acceptors (Lipinski definition) is 2. The molecule has 1 N–H and O–H groups in total. The molecule has 1 aromatic rings. The van der Waals surface area contributed by atoms with E-state index in [0.29, 0.717) is 5.41 Å². The number of likely N-dealkylation sites (tertiary alicyclic amines) is 1. The van der Waals surface area contributed by atoms with Crippen LogP contribution in [-0.4, -0.2) is 29.0 Å². The van der Waals surface area contributed by atoms with E-state index in [1.54, 1.807) is 0 Å². The summed E-state index contributed by atoms with van der Waals surface area (Å²) < 4.78 is 0. The quantitative estimate of drug-likeness (QED) is 0.925. The summed E-state index contributed by atoms with van der Waals surface area (Å²) in [4.78, 5) is 14.4. The lowest BCUT2D eigenvalue weighted by Gasteiger charge is -2.44. The number of benzene rings is 1. The SMILES string of the molecule is O=C(CC(O)c1ccccc1)N1CCC2(CCCCC2)CC1. The minimum atomic E-state index is -0.681. The summed E-state index contributed by atoms with van der Waals surface area (Å²) in [6.07, 6.45) is 8.63. The number of aliphatic hydroxyl groups is 1. The molecule has 1 spiro atoms. The number of carbonyl (C=O) groups excluding carboxylic acids is 1. The monoisotopic (exact) mass is 301 g/mol. The van der Waals surface area contributed by atoms with Crippen LogP contribution in [0.3, 0.4) is 0 Å². The Kier molecular flexibility index (Phi) is 4.82. The summed E-state index contributed by atoms with van der Waals surface area (Å²) in [5, 5.41) is 10.2. The van der Waals surface area contributed by atoms with Crippen molar-refractivity contribution in [1.82, 2.24) is 4.90 Å². The van der Waals surface area contributed by atoms with Crippen molar-refractivity contribution in [2.75, 3.05) is 13.1 Å². The van der Waals surface area contributed by atoms with Gasteiger partial charge in [-0.05, 0) is 36.7 Å². The molecule has 2 aliphatic rings. The Labute approximate surface area is 133 Å². The number of hydrogen-bond donors (Lipinski definition) is 1. The van der Waals surface area contributed by atoms with Gasteiger partial charge in [0.25, 0.3) is 0 Å². The number of amides is 1. The molecule has 2 fully saturated rings. The van der Waals surface area contributed by atoms with E-state index in [9.17, 15) is 9.90 Å². The topological polar surface area (TPSA) is 40.5 Å². The average Bonchev–Trinajstić information content (AvgIpc) is 2.57. The third kappa shape index (κ3) is 3.52. The highest BCUT2D eigenvalue weighted by Gasteiger charge is 2.36. The summed E-state index contributed by atoms with van der Waals surface area (Å²) >= 11 is 0. The Balaban J connectivity index is 1.51. The van der Waals surface area contributed by atoms with Crippen LogP contribution < -0.4 is 0 Å². The number of rotatable bonds is 3. The molecule has 3 nitrogen and oxygen atoms in total. The third-order valence-corrected chi connectivity index (χ3v) is 5.64. The first kappa shape index (κ1) is 15.5. The van der Waals surface area contributed by atoms with Crippen LogP contribution in [0.2, 0.25) is 0 Å². The van der Waals surface area contributed by atoms with E-state index in [1.165, 1.54) is 32.1 Å². The molecule has 1 saturated carbocycles. The van der Waals surface area contributed by atoms with Gasteiger partial charge in [0.1, 0.15) is 0 Å². The van der Waals surface area contributed by atoms with Gasteiger partial charge in [-0.1, -0.05) is 49.6 Å². The van der Waals surface area contributed by atoms with E-state index >= 15 is 0 Å². The Morgan fingerprint density at radius 1 is 1.05 bits per heavy atom. The molecule has 1 atom stereocenters. The predicted molar refractivity (Wildman–Crippen MR) is 87.4 cm³/mol. The molecule has 3 rings (SSSR count). The Morgan fingerprint density at radius 3 is 2.32 bits per heavy atom. The fraction of sp³-hybridized carbons (Fsp3) is 0.632. The highest BCUT2D eigenvalue weighted by molar-refractivity contribution is 5.77. The van der Waals surface area contributed by atoms with Gasteiger partial charge in [0.2, 0.25) is 5.91 Å². The van der Waals surface area contributed by atoms with Crippen molar-refractivity contribution in [2.24, 2.45) is 5.41 Å². The van der Waals surface area contributed by atoms with E-state index < -0.39 is 6.10 Å². The second-order valence-electron chi connectivity index (χ2n) is 7.07. The lowest BCUT2D eigenvalue weighted by Crippen LogP contribution is -2.44. The van der Waals surface area contributed by atoms with Crippen molar-refractivity contribution in [1.29, 1.82) is 0 Å². The lowest BCUT2D eigenvalue weighted by atomic mass is 9.68. The van der Waals surface area contributed by atoms with Crippen LogP contribution in [0.15, 0.2) is 30.3 Å². The molecule has 1 unspecified atom stereocenters. The molecule has 1 heterocycles. The van der Waals surface area contributed by atoms with E-state index in [1.807, 2.05) is 35.2 Å². The zero-order valence-electron chi connectivity index (χ0n) is 13.3. The Hall–Kier alpha value is -1.35. The van der Waals surface area contributed by atoms with Gasteiger partial charge >= 0.3 is 0 Å². The molecular weight excluding hydrogens is 274 g/mol. The molecule has 1 amide bonds. The van der Waals surface area contributed by atoms with Crippen molar-refractivity contribution >= 4 is 5.91 Å². The van der Waals surface area contributed by atoms with Crippen LogP contribution in [-0.2, 0) is 4.79 Å². The van der Waals surface area contributed by atoms with Gasteiger partial charge in [-0.15, -0.1) is 0 Å². The van der Waals surface area contributed by atoms with Crippen molar-refractivity contribution in [3.05, 3.63) is 35.9 Å². The number of carbonyl (C=O) groups is 1. The molecule has 1 aliphatic carbocycles. The molecule has 1 aromatic carbocycles. The smallest absolute Gasteiger partial charge is 0.225 e. The van der Waals surface area contributed by atoms with Gasteiger partial charge in [0, 0.05) is 13.1 Å². The number of piperidine rings is 1. The average molecular weight is 301 g/mol. The fourth-order valence-corrected chi connectivity index (χ4v) is 4.12. The van der Waals surface area contributed by atoms with Crippen LogP contribution in [0, 0.1) is 5.41 Å². The lowest BCUT2D eigenvalue weighted by molar-refractivity contribution is -0.136. The second-order valence-corrected chi connectivity index (χ2v) is 7.07. The summed E-state index contributed by atoms with van der Waals surface area (Å²) in [6, 6.07) is 9.48. The van der Waals surface area contributed by atoms with Crippen molar-refractivity contribution in [2.45, 2.75) is 57.5 Å². The largest absolute Gasteiger partial charge is 0.388 e. The molecule has 0 bridgehead atoms. The van der Waals surface area contributed by atoms with Crippen LogP contribution in [0.1, 0.15) is 63.0 Å². The minimum absolute atomic E-state index is 0.0991. The van der Waals surface area contributed by atoms with Crippen LogP contribution >= 0.6 is 0 Å². The van der Waals surface area contributed by atoms with Crippen LogP contribution in [0.5, 0.6) is 0 Å². The van der Waals surface area contributed by atoms with E-state index in [2.05, 4.69) is 0 Å². The van der Waals surface area contributed by atoms with Gasteiger partial charge in [-0.3, -0.25) is 4.79 Å². The molecule has 1 aliphatic heterocycles. The first-order valence-corrected chi connectivity index (χ1v) is 8.69. The normalized spacial score (nSPS) is 22.5. The van der Waals surface area contributed by atoms with Gasteiger partial charge in [0.15, 0.2) is 0 Å². The summed E-state index contributed by atoms with van der Waals surface area (Å²) in [5.74, 6) is 0.0991. The van der Waals surface area contributed by atoms with Crippen molar-refractivity contribution in [3.63, 3.8) is 0 Å².